The molecule has 2 amide bonds. The maximum atomic E-state index is 12.8. The van der Waals surface area contributed by atoms with Crippen molar-refractivity contribution in [1.82, 2.24) is 24.3 Å². The average Bonchev–Trinajstić information content (AvgIpc) is 3.41. The molecule has 0 radical (unpaired) electrons. The summed E-state index contributed by atoms with van der Waals surface area (Å²) in [6, 6.07) is 31.1. The molecule has 220 valence electrons. The van der Waals surface area contributed by atoms with Gasteiger partial charge in [-0.15, -0.1) is 0 Å². The van der Waals surface area contributed by atoms with Gasteiger partial charge in [-0.25, -0.2) is 19.7 Å². The van der Waals surface area contributed by atoms with E-state index in [0.29, 0.717) is 11.6 Å². The summed E-state index contributed by atoms with van der Waals surface area (Å²) in [6.45, 7) is 2.93. The van der Waals surface area contributed by atoms with E-state index in [2.05, 4.69) is 52.1 Å². The number of imidazole rings is 1. The standard InChI is InChI=1S/C35H34N8O/c1-24-10-4-5-15-29(24)40-35(44)38-28-14-9-12-26(23-28)32-33(43-20-7-6-16-31(43)41-32)30-17-19-36-34(39-30)37-27-13-8-11-25(22-27)18-21-42(2)3/h4-17,19-20,22-23H,18,21H2,1-3H3,(H,36,37,39)(H2,38,40,44). The van der Waals surface area contributed by atoms with Crippen molar-refractivity contribution >= 4 is 34.7 Å². The number of rotatable bonds is 9. The second-order valence-electron chi connectivity index (χ2n) is 10.9. The molecule has 0 atom stereocenters. The summed E-state index contributed by atoms with van der Waals surface area (Å²) in [5.74, 6) is 0.493. The van der Waals surface area contributed by atoms with Gasteiger partial charge in [-0.3, -0.25) is 4.40 Å². The highest BCUT2D eigenvalue weighted by molar-refractivity contribution is 6.00. The number of aromatic nitrogens is 4. The highest BCUT2D eigenvalue weighted by Gasteiger charge is 2.18. The van der Waals surface area contributed by atoms with Gasteiger partial charge in [-0.1, -0.05) is 48.5 Å². The van der Waals surface area contributed by atoms with E-state index in [-0.39, 0.29) is 6.03 Å². The van der Waals surface area contributed by atoms with Gasteiger partial charge in [0.05, 0.1) is 17.1 Å². The maximum Gasteiger partial charge on any atom is 0.323 e. The number of nitrogens with zero attached hydrogens (tertiary/aromatic N) is 5. The van der Waals surface area contributed by atoms with Crippen molar-refractivity contribution in [1.29, 1.82) is 0 Å². The molecule has 0 saturated carbocycles. The third-order valence-electron chi connectivity index (χ3n) is 7.25. The van der Waals surface area contributed by atoms with Crippen LogP contribution < -0.4 is 16.0 Å². The number of aryl methyl sites for hydroxylation is 1. The Morgan fingerprint density at radius 2 is 1.66 bits per heavy atom. The molecule has 6 aromatic rings. The van der Waals surface area contributed by atoms with Crippen LogP contribution in [0.5, 0.6) is 0 Å². The van der Waals surface area contributed by atoms with Crippen molar-refractivity contribution < 1.29 is 4.79 Å². The van der Waals surface area contributed by atoms with Crippen LogP contribution >= 0.6 is 0 Å². The van der Waals surface area contributed by atoms with Crippen LogP contribution in [-0.2, 0) is 6.42 Å². The van der Waals surface area contributed by atoms with Crippen molar-refractivity contribution in [2.75, 3.05) is 36.6 Å². The van der Waals surface area contributed by atoms with E-state index in [9.17, 15) is 4.79 Å². The monoisotopic (exact) mass is 582 g/mol. The maximum absolute atomic E-state index is 12.8. The SMILES string of the molecule is Cc1ccccc1NC(=O)Nc1cccc(-c2nc3ccccn3c2-c2ccnc(Nc3cccc(CCN(C)C)c3)n2)c1. The van der Waals surface area contributed by atoms with E-state index in [4.69, 9.17) is 9.97 Å². The van der Waals surface area contributed by atoms with Gasteiger partial charge >= 0.3 is 6.03 Å². The summed E-state index contributed by atoms with van der Waals surface area (Å²) in [5, 5.41) is 9.25. The van der Waals surface area contributed by atoms with E-state index in [1.165, 1.54) is 5.56 Å². The number of hydrogen-bond donors (Lipinski definition) is 3. The Hall–Kier alpha value is -5.54. The van der Waals surface area contributed by atoms with Crippen molar-refractivity contribution in [3.05, 3.63) is 121 Å². The van der Waals surface area contributed by atoms with Crippen molar-refractivity contribution in [3.8, 4) is 22.6 Å². The molecular formula is C35H34N8O. The number of carbonyl (C=O) groups excluding carboxylic acids is 1. The van der Waals surface area contributed by atoms with Gasteiger partial charge in [-0.2, -0.15) is 0 Å². The largest absolute Gasteiger partial charge is 0.324 e. The van der Waals surface area contributed by atoms with Crippen LogP contribution in [0.15, 0.2) is 109 Å². The Morgan fingerprint density at radius 1 is 0.841 bits per heavy atom. The first-order valence-electron chi connectivity index (χ1n) is 14.5. The quantitative estimate of drug-likeness (QED) is 0.166. The minimum atomic E-state index is -0.316. The number of likely N-dealkylation sites (N-methyl/N-ethyl adjacent to an activating group) is 1. The topological polar surface area (TPSA) is 99.5 Å². The van der Waals surface area contributed by atoms with Gasteiger partial charge in [-0.05, 0) is 87.1 Å². The number of urea groups is 1. The summed E-state index contributed by atoms with van der Waals surface area (Å²) in [6.07, 6.45) is 4.68. The molecule has 3 aromatic carbocycles. The first-order valence-corrected chi connectivity index (χ1v) is 14.5. The molecule has 3 heterocycles. The minimum absolute atomic E-state index is 0.316. The lowest BCUT2D eigenvalue weighted by Crippen LogP contribution is -2.19. The van der Waals surface area contributed by atoms with Crippen LogP contribution in [0.1, 0.15) is 11.1 Å². The molecule has 3 N–H and O–H groups in total. The predicted molar refractivity (Wildman–Crippen MR) is 177 cm³/mol. The van der Waals surface area contributed by atoms with Crippen molar-refractivity contribution in [2.24, 2.45) is 0 Å². The Balaban J connectivity index is 1.30. The number of para-hydroxylation sites is 1. The highest BCUT2D eigenvalue weighted by Crippen LogP contribution is 2.33. The summed E-state index contributed by atoms with van der Waals surface area (Å²) in [7, 11) is 4.15. The lowest BCUT2D eigenvalue weighted by Gasteiger charge is -2.12. The summed E-state index contributed by atoms with van der Waals surface area (Å²) < 4.78 is 2.02. The van der Waals surface area contributed by atoms with E-state index in [0.717, 1.165) is 58.2 Å². The Morgan fingerprint density at radius 3 is 2.52 bits per heavy atom. The zero-order valence-electron chi connectivity index (χ0n) is 25.0. The Kier molecular flexibility index (Phi) is 8.29. The summed E-state index contributed by atoms with van der Waals surface area (Å²) >= 11 is 0. The van der Waals surface area contributed by atoms with E-state index < -0.39 is 0 Å². The van der Waals surface area contributed by atoms with Gasteiger partial charge in [0.1, 0.15) is 5.65 Å². The molecule has 6 rings (SSSR count). The zero-order chi connectivity index (χ0) is 30.5. The van der Waals surface area contributed by atoms with E-state index in [1.807, 2.05) is 102 Å². The van der Waals surface area contributed by atoms with Crippen molar-refractivity contribution in [2.45, 2.75) is 13.3 Å². The Labute approximate surface area is 256 Å². The summed E-state index contributed by atoms with van der Waals surface area (Å²) in [5.41, 5.74) is 8.49. The molecule has 0 spiro atoms. The lowest BCUT2D eigenvalue weighted by molar-refractivity contribution is 0.262. The number of amides is 2. The van der Waals surface area contributed by atoms with Crippen LogP contribution in [0.2, 0.25) is 0 Å². The van der Waals surface area contributed by atoms with E-state index in [1.54, 1.807) is 6.20 Å². The van der Waals surface area contributed by atoms with Crippen molar-refractivity contribution in [3.63, 3.8) is 0 Å². The lowest BCUT2D eigenvalue weighted by atomic mass is 10.1. The Bertz CT molecular complexity index is 1930. The molecule has 0 aliphatic rings. The fraction of sp³-hybridized carbons (Fsp3) is 0.143. The molecule has 0 aliphatic heterocycles. The first kappa shape index (κ1) is 28.6. The minimum Gasteiger partial charge on any atom is -0.324 e. The van der Waals surface area contributed by atoms with Crippen LogP contribution in [0.3, 0.4) is 0 Å². The van der Waals surface area contributed by atoms with Gasteiger partial charge < -0.3 is 20.9 Å². The third-order valence-corrected chi connectivity index (χ3v) is 7.25. The van der Waals surface area contributed by atoms with Crippen LogP contribution in [0, 0.1) is 6.92 Å². The second-order valence-corrected chi connectivity index (χ2v) is 10.9. The summed E-state index contributed by atoms with van der Waals surface area (Å²) in [4.78, 5) is 29.4. The van der Waals surface area contributed by atoms with Gasteiger partial charge in [0.15, 0.2) is 0 Å². The number of anilines is 4. The molecular weight excluding hydrogens is 548 g/mol. The third kappa shape index (κ3) is 6.58. The molecule has 0 aliphatic carbocycles. The zero-order valence-corrected chi connectivity index (χ0v) is 25.0. The van der Waals surface area contributed by atoms with Gasteiger partial charge in [0, 0.05) is 41.6 Å². The molecule has 44 heavy (non-hydrogen) atoms. The number of nitrogens with one attached hydrogen (secondary N) is 3. The van der Waals surface area contributed by atoms with Gasteiger partial charge in [0.25, 0.3) is 0 Å². The molecule has 0 saturated heterocycles. The molecule has 0 bridgehead atoms. The molecule has 0 fully saturated rings. The van der Waals surface area contributed by atoms with Gasteiger partial charge in [0.2, 0.25) is 5.95 Å². The number of carbonyl (C=O) groups is 1. The number of fused-ring (bicyclic) bond motifs is 1. The molecule has 9 heteroatoms. The fourth-order valence-corrected chi connectivity index (χ4v) is 5.02. The number of benzene rings is 3. The first-order chi connectivity index (χ1) is 21.4. The molecule has 3 aromatic heterocycles. The average molecular weight is 583 g/mol. The highest BCUT2D eigenvalue weighted by atomic mass is 16.2. The van der Waals surface area contributed by atoms with Crippen LogP contribution in [-0.4, -0.2) is 50.9 Å². The van der Waals surface area contributed by atoms with Crippen LogP contribution in [0.4, 0.5) is 27.8 Å². The fourth-order valence-electron chi connectivity index (χ4n) is 5.02. The number of hydrogen-bond acceptors (Lipinski definition) is 6. The molecule has 9 nitrogen and oxygen atoms in total. The van der Waals surface area contributed by atoms with Crippen LogP contribution in [0.25, 0.3) is 28.3 Å². The second kappa shape index (κ2) is 12.8. The molecule has 0 unspecified atom stereocenters. The normalized spacial score (nSPS) is 11.1. The predicted octanol–water partition coefficient (Wildman–Crippen LogP) is 7.26. The number of pyridine rings is 1. The smallest absolute Gasteiger partial charge is 0.323 e. The van der Waals surface area contributed by atoms with E-state index >= 15 is 0 Å².